The zero-order chi connectivity index (χ0) is 21.4. The van der Waals surface area contributed by atoms with E-state index in [-0.39, 0.29) is 17.3 Å². The minimum absolute atomic E-state index is 0.00839. The van der Waals surface area contributed by atoms with Crippen molar-refractivity contribution in [2.24, 2.45) is 0 Å². The molecule has 0 heterocycles. The number of nitrogens with one attached hydrogen (secondary N) is 1. The Kier molecular flexibility index (Phi) is 7.63. The number of hydrogen-bond donors (Lipinski definition) is 1. The second kappa shape index (κ2) is 9.94. The fourth-order valence-corrected chi connectivity index (χ4v) is 3.40. The summed E-state index contributed by atoms with van der Waals surface area (Å²) in [5.41, 5.74) is 1.15. The fourth-order valence-electron chi connectivity index (χ4n) is 2.47. The minimum Gasteiger partial charge on any atom is -0.497 e. The van der Waals surface area contributed by atoms with Crippen LogP contribution in [0.15, 0.2) is 47.4 Å². The molecular weight excluding hydrogens is 398 g/mol. The van der Waals surface area contributed by atoms with Crippen molar-refractivity contribution in [1.29, 1.82) is 0 Å². The van der Waals surface area contributed by atoms with Gasteiger partial charge in [-0.15, -0.1) is 0 Å². The van der Waals surface area contributed by atoms with Crippen LogP contribution >= 0.6 is 0 Å². The van der Waals surface area contributed by atoms with Crippen LogP contribution in [0, 0.1) is 0 Å². The summed E-state index contributed by atoms with van der Waals surface area (Å²) < 4.78 is 47.2. The highest BCUT2D eigenvalue weighted by molar-refractivity contribution is 7.89. The van der Waals surface area contributed by atoms with Crippen LogP contribution in [0.4, 0.5) is 0 Å². The molecule has 0 amide bonds. The average Bonchev–Trinajstić information content (AvgIpc) is 2.75. The van der Waals surface area contributed by atoms with Crippen LogP contribution in [0.2, 0.25) is 0 Å². The molecule has 0 spiro atoms. The van der Waals surface area contributed by atoms with E-state index in [1.165, 1.54) is 52.7 Å². The lowest BCUT2D eigenvalue weighted by Gasteiger charge is -2.10. The van der Waals surface area contributed by atoms with Crippen molar-refractivity contribution in [2.45, 2.75) is 11.5 Å². The van der Waals surface area contributed by atoms with Crippen LogP contribution in [0.1, 0.15) is 11.1 Å². The predicted molar refractivity (Wildman–Crippen MR) is 108 cm³/mol. The standard InChI is InChI=1S/C20H23NO7S/c1-21-29(23,24)19-11-14(5-8-18(19)27-4)6-10-20(22)28-13-15-12-16(25-2)7-9-17(15)26-3/h5-12,21H,13H2,1-4H3/b10-6+. The van der Waals surface area contributed by atoms with Gasteiger partial charge in [-0.25, -0.2) is 17.9 Å². The average molecular weight is 421 g/mol. The number of rotatable bonds is 9. The topological polar surface area (TPSA) is 100 Å². The lowest BCUT2D eigenvalue weighted by molar-refractivity contribution is -0.138. The maximum absolute atomic E-state index is 12.1. The van der Waals surface area contributed by atoms with E-state index in [2.05, 4.69) is 4.72 Å². The van der Waals surface area contributed by atoms with Gasteiger partial charge >= 0.3 is 5.97 Å². The Bertz CT molecular complexity index is 1000. The van der Waals surface area contributed by atoms with Gasteiger partial charge in [-0.1, -0.05) is 6.07 Å². The molecule has 2 aromatic carbocycles. The third-order valence-corrected chi connectivity index (χ3v) is 5.45. The highest BCUT2D eigenvalue weighted by Crippen LogP contribution is 2.26. The first kappa shape index (κ1) is 22.3. The van der Waals surface area contributed by atoms with Crippen LogP contribution < -0.4 is 18.9 Å². The summed E-state index contributed by atoms with van der Waals surface area (Å²) in [5.74, 6) is 0.788. The summed E-state index contributed by atoms with van der Waals surface area (Å²) in [7, 11) is 2.03. The predicted octanol–water partition coefficient (Wildman–Crippen LogP) is 2.38. The van der Waals surface area contributed by atoms with Crippen LogP contribution in [0.5, 0.6) is 17.2 Å². The first-order valence-corrected chi connectivity index (χ1v) is 10.00. The number of hydrogen-bond acceptors (Lipinski definition) is 7. The molecule has 156 valence electrons. The van der Waals surface area contributed by atoms with Crippen molar-refractivity contribution >= 4 is 22.1 Å². The molecule has 9 heteroatoms. The normalized spacial score (nSPS) is 11.3. The largest absolute Gasteiger partial charge is 0.497 e. The molecule has 2 rings (SSSR count). The molecule has 1 N–H and O–H groups in total. The first-order valence-electron chi connectivity index (χ1n) is 8.52. The maximum atomic E-state index is 12.1. The third-order valence-electron chi connectivity index (χ3n) is 4.02. The minimum atomic E-state index is -3.71. The van der Waals surface area contributed by atoms with E-state index in [1.54, 1.807) is 24.3 Å². The van der Waals surface area contributed by atoms with Crippen LogP contribution in [-0.2, 0) is 26.2 Å². The molecule has 0 saturated heterocycles. The fraction of sp³-hybridized carbons (Fsp3) is 0.250. The maximum Gasteiger partial charge on any atom is 0.331 e. The molecule has 0 fully saturated rings. The van der Waals surface area contributed by atoms with Gasteiger partial charge in [-0.3, -0.25) is 0 Å². The summed E-state index contributed by atoms with van der Waals surface area (Å²) in [6, 6.07) is 9.72. The second-order valence-corrected chi connectivity index (χ2v) is 7.59. The van der Waals surface area contributed by atoms with Gasteiger partial charge in [-0.05, 0) is 49.0 Å². The second-order valence-electron chi connectivity index (χ2n) is 5.74. The van der Waals surface area contributed by atoms with Crippen LogP contribution in [0.25, 0.3) is 6.08 Å². The zero-order valence-electron chi connectivity index (χ0n) is 16.6. The van der Waals surface area contributed by atoms with Crippen molar-refractivity contribution in [3.8, 4) is 17.2 Å². The Labute approximate surface area is 170 Å². The number of carbonyl (C=O) groups is 1. The summed E-state index contributed by atoms with van der Waals surface area (Å²) in [6.07, 6.45) is 2.67. The van der Waals surface area contributed by atoms with Crippen molar-refractivity contribution in [3.05, 3.63) is 53.6 Å². The van der Waals surface area contributed by atoms with Crippen molar-refractivity contribution in [3.63, 3.8) is 0 Å². The van der Waals surface area contributed by atoms with E-state index in [0.717, 1.165) is 0 Å². The van der Waals surface area contributed by atoms with Gasteiger partial charge in [0.25, 0.3) is 0 Å². The van der Waals surface area contributed by atoms with E-state index in [1.807, 2.05) is 0 Å². The van der Waals surface area contributed by atoms with Crippen LogP contribution in [-0.4, -0.2) is 42.8 Å². The Morgan fingerprint density at radius 3 is 2.31 bits per heavy atom. The number of sulfonamides is 1. The lowest BCUT2D eigenvalue weighted by Crippen LogP contribution is -2.19. The molecule has 0 aliphatic heterocycles. The molecule has 29 heavy (non-hydrogen) atoms. The molecule has 0 aromatic heterocycles. The highest BCUT2D eigenvalue weighted by Gasteiger charge is 2.17. The van der Waals surface area contributed by atoms with Gasteiger partial charge in [0.2, 0.25) is 10.0 Å². The summed E-state index contributed by atoms with van der Waals surface area (Å²) in [4.78, 5) is 12.0. The smallest absolute Gasteiger partial charge is 0.331 e. The molecular formula is C20H23NO7S. The molecule has 0 aliphatic carbocycles. The monoisotopic (exact) mass is 421 g/mol. The molecule has 0 unspecified atom stereocenters. The Morgan fingerprint density at radius 1 is 1.00 bits per heavy atom. The van der Waals surface area contributed by atoms with Gasteiger partial charge in [0.1, 0.15) is 28.8 Å². The highest BCUT2D eigenvalue weighted by atomic mass is 32.2. The van der Waals surface area contributed by atoms with E-state index in [4.69, 9.17) is 18.9 Å². The number of ether oxygens (including phenoxy) is 4. The van der Waals surface area contributed by atoms with Crippen molar-refractivity contribution in [1.82, 2.24) is 4.72 Å². The third kappa shape index (κ3) is 5.72. The van der Waals surface area contributed by atoms with Gasteiger partial charge in [0, 0.05) is 11.6 Å². The number of carbonyl (C=O) groups excluding carboxylic acids is 1. The molecule has 0 atom stereocenters. The van der Waals surface area contributed by atoms with Gasteiger partial charge < -0.3 is 18.9 Å². The molecule has 0 saturated carbocycles. The van der Waals surface area contributed by atoms with E-state index >= 15 is 0 Å². The molecule has 2 aromatic rings. The van der Waals surface area contributed by atoms with Crippen molar-refractivity contribution in [2.75, 3.05) is 28.4 Å². The van der Waals surface area contributed by atoms with E-state index in [0.29, 0.717) is 22.6 Å². The summed E-state index contributed by atoms with van der Waals surface area (Å²) in [5, 5.41) is 0. The van der Waals surface area contributed by atoms with Crippen molar-refractivity contribution < 1.29 is 32.2 Å². The first-order chi connectivity index (χ1) is 13.8. The quantitative estimate of drug-likeness (QED) is 0.490. The number of benzene rings is 2. The zero-order valence-corrected chi connectivity index (χ0v) is 17.4. The summed E-state index contributed by atoms with van der Waals surface area (Å²) in [6.45, 7) is -0.00839. The summed E-state index contributed by atoms with van der Waals surface area (Å²) >= 11 is 0. The number of methoxy groups -OCH3 is 3. The van der Waals surface area contributed by atoms with Gasteiger partial charge in [0.15, 0.2) is 0 Å². The lowest BCUT2D eigenvalue weighted by atomic mass is 10.2. The Balaban J connectivity index is 2.13. The van der Waals surface area contributed by atoms with Crippen LogP contribution in [0.3, 0.4) is 0 Å². The van der Waals surface area contributed by atoms with Gasteiger partial charge in [0.05, 0.1) is 21.3 Å². The molecule has 0 bridgehead atoms. The van der Waals surface area contributed by atoms with Gasteiger partial charge in [-0.2, -0.15) is 0 Å². The van der Waals surface area contributed by atoms with E-state index < -0.39 is 16.0 Å². The Hall–Kier alpha value is -3.04. The molecule has 8 nitrogen and oxygen atoms in total. The molecule has 0 radical (unpaired) electrons. The number of esters is 1. The van der Waals surface area contributed by atoms with E-state index in [9.17, 15) is 13.2 Å². The molecule has 0 aliphatic rings. The Morgan fingerprint density at radius 2 is 1.69 bits per heavy atom. The SMILES string of the molecule is CNS(=O)(=O)c1cc(/C=C/C(=O)OCc2cc(OC)ccc2OC)ccc1OC.